The van der Waals surface area contributed by atoms with Crippen molar-refractivity contribution in [3.8, 4) is 0 Å². The first-order valence-corrected chi connectivity index (χ1v) is 7.52. The Balaban J connectivity index is 2.57. The molecule has 1 rings (SSSR count). The molecule has 0 amide bonds. The highest BCUT2D eigenvalue weighted by Crippen LogP contribution is 2.32. The van der Waals surface area contributed by atoms with Gasteiger partial charge in [-0.1, -0.05) is 6.92 Å². The molecular weight excluding hydrogens is 271 g/mol. The predicted octanol–water partition coefficient (Wildman–Crippen LogP) is 1.36. The monoisotopic (exact) mass is 289 g/mol. The van der Waals surface area contributed by atoms with Crippen LogP contribution in [0, 0.1) is 5.92 Å². The Hall–Kier alpha value is -0.340. The molecule has 1 fully saturated rings. The Labute approximate surface area is 105 Å². The van der Waals surface area contributed by atoms with Crippen LogP contribution in [0.3, 0.4) is 0 Å². The van der Waals surface area contributed by atoms with E-state index in [0.717, 1.165) is 0 Å². The third-order valence-corrected chi connectivity index (χ3v) is 5.21. The van der Waals surface area contributed by atoms with Gasteiger partial charge in [0.05, 0.1) is 5.75 Å². The van der Waals surface area contributed by atoms with Crippen LogP contribution in [0.15, 0.2) is 0 Å². The topological polar surface area (TPSA) is 57.6 Å². The number of piperidine rings is 1. The molecule has 1 aliphatic rings. The lowest BCUT2D eigenvalue weighted by molar-refractivity contribution is -0.222. The number of nitrogens with zero attached hydrogens (tertiary/aromatic N) is 1. The Morgan fingerprint density at radius 3 is 2.22 bits per heavy atom. The first-order valence-electron chi connectivity index (χ1n) is 5.91. The van der Waals surface area contributed by atoms with Crippen LogP contribution in [-0.4, -0.2) is 49.0 Å². The summed E-state index contributed by atoms with van der Waals surface area (Å²) in [4.78, 5) is 0. The van der Waals surface area contributed by atoms with E-state index < -0.39 is 28.2 Å². The van der Waals surface area contributed by atoms with E-state index in [1.165, 1.54) is 4.31 Å². The molecule has 0 aromatic rings. The van der Waals surface area contributed by atoms with E-state index >= 15 is 0 Å². The highest BCUT2D eigenvalue weighted by molar-refractivity contribution is 7.89. The minimum Gasteiger partial charge on any atom is -0.383 e. The molecule has 0 radical (unpaired) electrons. The van der Waals surface area contributed by atoms with E-state index in [2.05, 4.69) is 0 Å². The number of hydrogen-bond acceptors (Lipinski definition) is 3. The zero-order valence-corrected chi connectivity index (χ0v) is 11.0. The molecule has 18 heavy (non-hydrogen) atoms. The van der Waals surface area contributed by atoms with E-state index in [4.69, 9.17) is 5.11 Å². The summed E-state index contributed by atoms with van der Waals surface area (Å²) in [7, 11) is -3.35. The van der Waals surface area contributed by atoms with Crippen molar-refractivity contribution in [3.05, 3.63) is 0 Å². The maximum absolute atomic E-state index is 12.3. The van der Waals surface area contributed by atoms with E-state index in [1.54, 1.807) is 6.92 Å². The van der Waals surface area contributed by atoms with Gasteiger partial charge in [0.2, 0.25) is 10.0 Å². The lowest BCUT2D eigenvalue weighted by Gasteiger charge is -2.34. The van der Waals surface area contributed by atoms with Gasteiger partial charge in [-0.2, -0.15) is 13.2 Å². The minimum atomic E-state index is -4.63. The molecule has 0 bridgehead atoms. The molecule has 1 atom stereocenters. The molecule has 4 nitrogen and oxygen atoms in total. The van der Waals surface area contributed by atoms with Gasteiger partial charge >= 0.3 is 6.18 Å². The van der Waals surface area contributed by atoms with Gasteiger partial charge in [0.1, 0.15) is 0 Å². The predicted molar refractivity (Wildman–Crippen MR) is 60.4 cm³/mol. The second kappa shape index (κ2) is 5.75. The van der Waals surface area contributed by atoms with Gasteiger partial charge in [-0.3, -0.25) is 0 Å². The largest absolute Gasteiger partial charge is 0.414 e. The fourth-order valence-corrected chi connectivity index (χ4v) is 3.67. The van der Waals surface area contributed by atoms with Crippen molar-refractivity contribution < 1.29 is 26.7 Å². The number of halogens is 3. The fourth-order valence-electron chi connectivity index (χ4n) is 2.12. The molecule has 108 valence electrons. The van der Waals surface area contributed by atoms with Crippen LogP contribution in [0.25, 0.3) is 0 Å². The number of alkyl halides is 3. The molecule has 0 saturated carbocycles. The molecule has 1 heterocycles. The maximum Gasteiger partial charge on any atom is 0.414 e. The Morgan fingerprint density at radius 1 is 1.33 bits per heavy atom. The number of rotatable bonds is 4. The third kappa shape index (κ3) is 3.83. The number of sulfonamides is 1. The van der Waals surface area contributed by atoms with Crippen LogP contribution in [0.2, 0.25) is 0 Å². The Morgan fingerprint density at radius 2 is 1.83 bits per heavy atom. The molecule has 1 saturated heterocycles. The molecule has 0 aliphatic carbocycles. The van der Waals surface area contributed by atoms with Crippen molar-refractivity contribution in [2.24, 2.45) is 5.92 Å². The second-order valence-electron chi connectivity index (χ2n) is 4.54. The van der Waals surface area contributed by atoms with E-state index in [0.29, 0.717) is 6.42 Å². The summed E-state index contributed by atoms with van der Waals surface area (Å²) in [5, 5.41) is 9.11. The normalized spacial score (nSPS) is 22.1. The Kier molecular flexibility index (Phi) is 5.02. The minimum absolute atomic E-state index is 0.0134. The van der Waals surface area contributed by atoms with E-state index in [-0.39, 0.29) is 31.7 Å². The molecule has 0 aromatic carbocycles. The summed E-state index contributed by atoms with van der Waals surface area (Å²) in [6.07, 6.45) is -6.41. The standard InChI is InChI=1S/C10H18F3NO3S/c1-2-7-18(16,17)14-5-3-8(4-6-14)9(15)10(11,12)13/h8-9,15H,2-7H2,1H3. The lowest BCUT2D eigenvalue weighted by atomic mass is 9.92. The van der Waals surface area contributed by atoms with Gasteiger partial charge in [-0.05, 0) is 25.2 Å². The first kappa shape index (κ1) is 15.7. The van der Waals surface area contributed by atoms with Gasteiger partial charge in [-0.15, -0.1) is 0 Å². The van der Waals surface area contributed by atoms with Crippen LogP contribution in [-0.2, 0) is 10.0 Å². The van der Waals surface area contributed by atoms with Crippen LogP contribution >= 0.6 is 0 Å². The highest BCUT2D eigenvalue weighted by Gasteiger charge is 2.44. The van der Waals surface area contributed by atoms with E-state index in [9.17, 15) is 21.6 Å². The van der Waals surface area contributed by atoms with Gasteiger partial charge < -0.3 is 5.11 Å². The molecule has 1 N–H and O–H groups in total. The van der Waals surface area contributed by atoms with Gasteiger partial charge in [-0.25, -0.2) is 12.7 Å². The smallest absolute Gasteiger partial charge is 0.383 e. The average Bonchev–Trinajstić information content (AvgIpc) is 2.27. The number of hydrogen-bond donors (Lipinski definition) is 1. The van der Waals surface area contributed by atoms with Crippen LogP contribution in [0.5, 0.6) is 0 Å². The van der Waals surface area contributed by atoms with Crippen molar-refractivity contribution in [3.63, 3.8) is 0 Å². The summed E-state index contributed by atoms with van der Waals surface area (Å²) < 4.78 is 61.5. The summed E-state index contributed by atoms with van der Waals surface area (Å²) in [6, 6.07) is 0. The fraction of sp³-hybridized carbons (Fsp3) is 1.00. The average molecular weight is 289 g/mol. The van der Waals surface area contributed by atoms with E-state index in [1.807, 2.05) is 0 Å². The summed E-state index contributed by atoms with van der Waals surface area (Å²) in [5.41, 5.74) is 0. The molecular formula is C10H18F3NO3S. The first-order chi connectivity index (χ1) is 8.18. The lowest BCUT2D eigenvalue weighted by Crippen LogP contribution is -2.45. The SMILES string of the molecule is CCCS(=O)(=O)N1CCC(C(O)C(F)(F)F)CC1. The van der Waals surface area contributed by atoms with Gasteiger partial charge in [0.15, 0.2) is 6.10 Å². The van der Waals surface area contributed by atoms with Crippen molar-refractivity contribution in [1.29, 1.82) is 0 Å². The van der Waals surface area contributed by atoms with Crippen molar-refractivity contribution in [2.45, 2.75) is 38.5 Å². The molecule has 0 spiro atoms. The van der Waals surface area contributed by atoms with Gasteiger partial charge in [0, 0.05) is 13.1 Å². The van der Waals surface area contributed by atoms with Crippen molar-refractivity contribution >= 4 is 10.0 Å². The second-order valence-corrected chi connectivity index (χ2v) is 6.63. The Bertz CT molecular complexity index is 361. The zero-order chi connectivity index (χ0) is 14.0. The molecule has 0 aromatic heterocycles. The molecule has 1 unspecified atom stereocenters. The zero-order valence-electron chi connectivity index (χ0n) is 10.2. The van der Waals surface area contributed by atoms with Crippen molar-refractivity contribution in [2.75, 3.05) is 18.8 Å². The third-order valence-electron chi connectivity index (χ3n) is 3.14. The maximum atomic E-state index is 12.3. The quantitative estimate of drug-likeness (QED) is 0.850. The summed E-state index contributed by atoms with van der Waals surface area (Å²) >= 11 is 0. The highest BCUT2D eigenvalue weighted by atomic mass is 32.2. The number of aliphatic hydroxyl groups excluding tert-OH is 1. The van der Waals surface area contributed by atoms with Crippen LogP contribution < -0.4 is 0 Å². The van der Waals surface area contributed by atoms with Crippen LogP contribution in [0.4, 0.5) is 13.2 Å². The molecule has 1 aliphatic heterocycles. The van der Waals surface area contributed by atoms with Crippen LogP contribution in [0.1, 0.15) is 26.2 Å². The molecule has 8 heteroatoms. The summed E-state index contributed by atoms with van der Waals surface area (Å²) in [5.74, 6) is -0.891. The van der Waals surface area contributed by atoms with Crippen molar-refractivity contribution in [1.82, 2.24) is 4.31 Å². The summed E-state index contributed by atoms with van der Waals surface area (Å²) in [6.45, 7) is 1.85. The number of aliphatic hydroxyl groups is 1. The van der Waals surface area contributed by atoms with Gasteiger partial charge in [0.25, 0.3) is 0 Å².